The maximum absolute atomic E-state index is 12.4. The molecular weight excluding hydrogens is 426 g/mol. The summed E-state index contributed by atoms with van der Waals surface area (Å²) in [6, 6.07) is 11.9. The van der Waals surface area contributed by atoms with Crippen molar-refractivity contribution in [3.63, 3.8) is 0 Å². The van der Waals surface area contributed by atoms with Gasteiger partial charge in [0.25, 0.3) is 11.5 Å². The van der Waals surface area contributed by atoms with Gasteiger partial charge in [-0.2, -0.15) is 0 Å². The number of nitrogens with zero attached hydrogens (tertiary/aromatic N) is 4. The Balaban J connectivity index is 1.25. The zero-order valence-electron chi connectivity index (χ0n) is 15.3. The van der Waals surface area contributed by atoms with E-state index in [1.807, 2.05) is 6.07 Å². The highest BCUT2D eigenvalue weighted by Gasteiger charge is 2.17. The number of fused-ring (bicyclic) bond motifs is 2. The molecule has 0 atom stereocenters. The molecule has 30 heavy (non-hydrogen) atoms. The zero-order chi connectivity index (χ0) is 20.5. The first-order chi connectivity index (χ1) is 14.7. The molecule has 150 valence electrons. The van der Waals surface area contributed by atoms with Crippen LogP contribution in [-0.4, -0.2) is 32.3 Å². The second kappa shape index (κ2) is 7.76. The average molecular weight is 439 g/mol. The van der Waals surface area contributed by atoms with Gasteiger partial charge in [-0.3, -0.25) is 19.3 Å². The molecule has 0 radical (unpaired) electrons. The molecule has 1 aromatic carbocycles. The van der Waals surface area contributed by atoms with Gasteiger partial charge in [-0.25, -0.2) is 4.98 Å². The maximum atomic E-state index is 12.4. The normalized spacial score (nSPS) is 12.3. The molecule has 0 unspecified atom stereocenters. The molecule has 0 saturated heterocycles. The molecule has 1 amide bonds. The van der Waals surface area contributed by atoms with Crippen molar-refractivity contribution >= 4 is 39.8 Å². The number of nitrogens with one attached hydrogen (secondary N) is 1. The van der Waals surface area contributed by atoms with E-state index in [2.05, 4.69) is 20.5 Å². The number of hydrogen-bond acceptors (Lipinski definition) is 9. The Kier molecular flexibility index (Phi) is 4.81. The van der Waals surface area contributed by atoms with Crippen molar-refractivity contribution in [3.05, 3.63) is 70.3 Å². The number of pyridine rings is 1. The molecule has 4 heterocycles. The lowest BCUT2D eigenvalue weighted by Crippen LogP contribution is -2.14. The number of anilines is 1. The standard InChI is InChI=1S/C19H13N5O4S2/c25-16-8-12(20-15-3-1-2-6-24(15)16)9-29-19-23-22-18(30-19)21-17(26)11-4-5-13-14(7-11)28-10-27-13/h1-8H,9-10H2,(H,21,22,26). The second-order valence-corrected chi connectivity index (χ2v) is 8.40. The van der Waals surface area contributed by atoms with Gasteiger partial charge in [0, 0.05) is 23.6 Å². The zero-order valence-corrected chi connectivity index (χ0v) is 16.9. The molecule has 11 heteroatoms. The van der Waals surface area contributed by atoms with E-state index in [-0.39, 0.29) is 18.3 Å². The smallest absolute Gasteiger partial charge is 0.258 e. The summed E-state index contributed by atoms with van der Waals surface area (Å²) in [7, 11) is 0. The number of rotatable bonds is 5. The van der Waals surface area contributed by atoms with E-state index < -0.39 is 0 Å². The summed E-state index contributed by atoms with van der Waals surface area (Å²) in [5, 5.41) is 11.2. The lowest BCUT2D eigenvalue weighted by Gasteiger charge is -2.03. The number of aromatic nitrogens is 4. The number of carbonyl (C=O) groups excluding carboxylic acids is 1. The lowest BCUT2D eigenvalue weighted by molar-refractivity contribution is 0.102. The summed E-state index contributed by atoms with van der Waals surface area (Å²) >= 11 is 2.65. The van der Waals surface area contributed by atoms with Crippen molar-refractivity contribution in [3.8, 4) is 11.5 Å². The van der Waals surface area contributed by atoms with Crippen LogP contribution in [0, 0.1) is 0 Å². The third kappa shape index (κ3) is 3.72. The Hall–Kier alpha value is -3.44. The van der Waals surface area contributed by atoms with Crippen LogP contribution in [-0.2, 0) is 5.75 Å². The van der Waals surface area contributed by atoms with Crippen LogP contribution in [0.4, 0.5) is 5.13 Å². The van der Waals surface area contributed by atoms with Crippen molar-refractivity contribution in [2.45, 2.75) is 10.1 Å². The van der Waals surface area contributed by atoms with Crippen LogP contribution in [0.3, 0.4) is 0 Å². The lowest BCUT2D eigenvalue weighted by atomic mass is 10.2. The molecule has 0 fully saturated rings. The molecule has 1 aliphatic rings. The van der Waals surface area contributed by atoms with Crippen LogP contribution in [0.15, 0.2) is 57.8 Å². The van der Waals surface area contributed by atoms with Crippen molar-refractivity contribution in [1.29, 1.82) is 0 Å². The summed E-state index contributed by atoms with van der Waals surface area (Å²) in [5.74, 6) is 1.30. The molecule has 1 aliphatic heterocycles. The van der Waals surface area contributed by atoms with Gasteiger partial charge in [0.2, 0.25) is 11.9 Å². The van der Waals surface area contributed by atoms with E-state index in [1.54, 1.807) is 36.5 Å². The van der Waals surface area contributed by atoms with Gasteiger partial charge in [-0.05, 0) is 30.3 Å². The molecule has 0 aliphatic carbocycles. The Morgan fingerprint density at radius 1 is 1.17 bits per heavy atom. The van der Waals surface area contributed by atoms with Crippen molar-refractivity contribution in [1.82, 2.24) is 19.6 Å². The predicted octanol–water partition coefficient (Wildman–Crippen LogP) is 2.82. The van der Waals surface area contributed by atoms with Crippen LogP contribution in [0.1, 0.15) is 16.1 Å². The molecular formula is C19H13N5O4S2. The summed E-state index contributed by atoms with van der Waals surface area (Å²) in [5.41, 5.74) is 1.54. The van der Waals surface area contributed by atoms with E-state index in [9.17, 15) is 9.59 Å². The van der Waals surface area contributed by atoms with Gasteiger partial charge in [0.05, 0.1) is 5.69 Å². The largest absolute Gasteiger partial charge is 0.454 e. The third-order valence-electron chi connectivity index (χ3n) is 4.23. The van der Waals surface area contributed by atoms with Crippen LogP contribution in [0.25, 0.3) is 5.65 Å². The van der Waals surface area contributed by atoms with E-state index in [1.165, 1.54) is 33.6 Å². The highest BCUT2D eigenvalue weighted by molar-refractivity contribution is 8.00. The summed E-state index contributed by atoms with van der Waals surface area (Å²) < 4.78 is 12.7. The van der Waals surface area contributed by atoms with Gasteiger partial charge >= 0.3 is 0 Å². The van der Waals surface area contributed by atoms with E-state index in [4.69, 9.17) is 9.47 Å². The van der Waals surface area contributed by atoms with Gasteiger partial charge in [-0.15, -0.1) is 10.2 Å². The molecule has 4 aromatic rings. The van der Waals surface area contributed by atoms with E-state index >= 15 is 0 Å². The number of benzene rings is 1. The summed E-state index contributed by atoms with van der Waals surface area (Å²) in [6.07, 6.45) is 1.68. The predicted molar refractivity (Wildman–Crippen MR) is 111 cm³/mol. The molecule has 0 saturated carbocycles. The molecule has 3 aromatic heterocycles. The molecule has 5 rings (SSSR count). The number of hydrogen-bond donors (Lipinski definition) is 1. The van der Waals surface area contributed by atoms with Crippen LogP contribution in [0.5, 0.6) is 11.5 Å². The molecule has 0 spiro atoms. The number of carbonyl (C=O) groups is 1. The summed E-state index contributed by atoms with van der Waals surface area (Å²) in [4.78, 5) is 29.1. The van der Waals surface area contributed by atoms with Crippen LogP contribution in [0.2, 0.25) is 0 Å². The minimum Gasteiger partial charge on any atom is -0.454 e. The topological polar surface area (TPSA) is 108 Å². The van der Waals surface area contributed by atoms with Crippen molar-refractivity contribution in [2.24, 2.45) is 0 Å². The number of amides is 1. The number of thioether (sulfide) groups is 1. The molecule has 0 bridgehead atoms. The fraction of sp³-hybridized carbons (Fsp3) is 0.105. The molecule has 9 nitrogen and oxygen atoms in total. The quantitative estimate of drug-likeness (QED) is 0.374. The highest BCUT2D eigenvalue weighted by atomic mass is 32.2. The Morgan fingerprint density at radius 2 is 2.07 bits per heavy atom. The van der Waals surface area contributed by atoms with Crippen molar-refractivity contribution in [2.75, 3.05) is 12.1 Å². The summed E-state index contributed by atoms with van der Waals surface area (Å²) in [6.45, 7) is 0.149. The Bertz CT molecular complexity index is 1320. The number of ether oxygens (including phenoxy) is 2. The van der Waals surface area contributed by atoms with Crippen LogP contribution < -0.4 is 20.3 Å². The van der Waals surface area contributed by atoms with Crippen LogP contribution >= 0.6 is 23.1 Å². The van der Waals surface area contributed by atoms with E-state index in [0.717, 1.165) is 0 Å². The Morgan fingerprint density at radius 3 is 3.00 bits per heavy atom. The SMILES string of the molecule is O=C(Nc1nnc(SCc2cc(=O)n3ccccc3n2)s1)c1ccc2c(c1)OCO2. The maximum Gasteiger partial charge on any atom is 0.258 e. The van der Waals surface area contributed by atoms with Gasteiger partial charge in [0.15, 0.2) is 15.8 Å². The van der Waals surface area contributed by atoms with Gasteiger partial charge in [-0.1, -0.05) is 29.2 Å². The van der Waals surface area contributed by atoms with E-state index in [0.29, 0.717) is 43.6 Å². The monoisotopic (exact) mass is 439 g/mol. The average Bonchev–Trinajstić information content (AvgIpc) is 3.41. The highest BCUT2D eigenvalue weighted by Crippen LogP contribution is 2.33. The first-order valence-corrected chi connectivity index (χ1v) is 10.6. The Labute approximate surface area is 177 Å². The fourth-order valence-electron chi connectivity index (χ4n) is 2.84. The second-order valence-electron chi connectivity index (χ2n) is 6.20. The first-order valence-electron chi connectivity index (χ1n) is 8.80. The molecule has 1 N–H and O–H groups in total. The minimum atomic E-state index is -0.315. The fourth-order valence-corrected chi connectivity index (χ4v) is 4.48. The first kappa shape index (κ1) is 18.6. The van der Waals surface area contributed by atoms with Crippen molar-refractivity contribution < 1.29 is 14.3 Å². The van der Waals surface area contributed by atoms with Gasteiger partial charge < -0.3 is 9.47 Å². The third-order valence-corrected chi connectivity index (χ3v) is 6.23. The minimum absolute atomic E-state index is 0.134. The van der Waals surface area contributed by atoms with Gasteiger partial charge in [0.1, 0.15) is 5.65 Å².